The number of nitrogens with one attached hydrogen (secondary N) is 1. The molecule has 0 aromatic carbocycles. The summed E-state index contributed by atoms with van der Waals surface area (Å²) in [5.74, 6) is 0.578. The van der Waals surface area contributed by atoms with Crippen LogP contribution in [0.1, 0.15) is 32.1 Å². The Bertz CT molecular complexity index is 388. The van der Waals surface area contributed by atoms with E-state index >= 15 is 0 Å². The van der Waals surface area contributed by atoms with Gasteiger partial charge in [-0.2, -0.15) is 17.0 Å². The summed E-state index contributed by atoms with van der Waals surface area (Å²) in [7, 11) is -1.51. The van der Waals surface area contributed by atoms with E-state index in [0.717, 1.165) is 51.8 Å². The van der Waals surface area contributed by atoms with Crippen LogP contribution in [-0.2, 0) is 14.9 Å². The SMILES string of the molecule is COCCNCC1CCN(S(=O)(=O)N2CCCCC2)CC1. The largest absolute Gasteiger partial charge is 0.383 e. The van der Waals surface area contributed by atoms with Crippen LogP contribution in [0.4, 0.5) is 0 Å². The van der Waals surface area contributed by atoms with Crippen LogP contribution in [0.2, 0.25) is 0 Å². The molecule has 0 aromatic rings. The third-order valence-corrected chi connectivity index (χ3v) is 6.49. The van der Waals surface area contributed by atoms with Crippen LogP contribution in [-0.4, -0.2) is 70.0 Å². The highest BCUT2D eigenvalue weighted by Gasteiger charge is 2.33. The number of methoxy groups -OCH3 is 1. The summed E-state index contributed by atoms with van der Waals surface area (Å²) in [6, 6.07) is 0. The molecule has 0 aromatic heterocycles. The third-order valence-electron chi connectivity index (χ3n) is 4.46. The molecule has 2 fully saturated rings. The minimum Gasteiger partial charge on any atom is -0.383 e. The van der Waals surface area contributed by atoms with E-state index in [2.05, 4.69) is 5.32 Å². The molecule has 0 atom stereocenters. The van der Waals surface area contributed by atoms with Crippen LogP contribution in [0.15, 0.2) is 0 Å². The summed E-state index contributed by atoms with van der Waals surface area (Å²) in [5.41, 5.74) is 0. The van der Waals surface area contributed by atoms with Crippen molar-refractivity contribution >= 4 is 10.2 Å². The van der Waals surface area contributed by atoms with Gasteiger partial charge < -0.3 is 10.1 Å². The molecule has 2 rings (SSSR count). The smallest absolute Gasteiger partial charge is 0.281 e. The second-order valence-corrected chi connectivity index (χ2v) is 7.94. The summed E-state index contributed by atoms with van der Waals surface area (Å²) >= 11 is 0. The summed E-state index contributed by atoms with van der Waals surface area (Å²) in [6.45, 7) is 5.26. The molecule has 0 bridgehead atoms. The first-order chi connectivity index (χ1) is 10.1. The minimum absolute atomic E-state index is 0.578. The number of rotatable bonds is 7. The van der Waals surface area contributed by atoms with Crippen LogP contribution < -0.4 is 5.32 Å². The van der Waals surface area contributed by atoms with Crippen molar-refractivity contribution in [3.63, 3.8) is 0 Å². The Balaban J connectivity index is 1.74. The quantitative estimate of drug-likeness (QED) is 0.701. The zero-order chi connectivity index (χ0) is 15.1. The Kier molecular flexibility index (Phi) is 6.88. The second kappa shape index (κ2) is 8.43. The molecule has 7 heteroatoms. The Morgan fingerprint density at radius 1 is 1.05 bits per heavy atom. The number of nitrogens with zero attached hydrogens (tertiary/aromatic N) is 2. The molecule has 0 saturated carbocycles. The van der Waals surface area contributed by atoms with Crippen molar-refractivity contribution in [2.45, 2.75) is 32.1 Å². The topological polar surface area (TPSA) is 61.9 Å². The van der Waals surface area contributed by atoms with Gasteiger partial charge in [-0.3, -0.25) is 0 Å². The van der Waals surface area contributed by atoms with E-state index in [1.54, 1.807) is 15.7 Å². The molecule has 2 aliphatic rings. The summed E-state index contributed by atoms with van der Waals surface area (Å²) in [4.78, 5) is 0. The predicted octanol–water partition coefficient (Wildman–Crippen LogP) is 0.665. The molecule has 0 unspecified atom stereocenters. The van der Waals surface area contributed by atoms with E-state index in [1.807, 2.05) is 0 Å². The van der Waals surface area contributed by atoms with Gasteiger partial charge in [-0.1, -0.05) is 6.42 Å². The number of hydrogen-bond acceptors (Lipinski definition) is 4. The number of ether oxygens (including phenoxy) is 1. The van der Waals surface area contributed by atoms with Crippen LogP contribution in [0.3, 0.4) is 0 Å². The van der Waals surface area contributed by atoms with E-state index in [9.17, 15) is 8.42 Å². The molecule has 1 N–H and O–H groups in total. The Labute approximate surface area is 129 Å². The first kappa shape index (κ1) is 17.1. The highest BCUT2D eigenvalue weighted by molar-refractivity contribution is 7.86. The average Bonchev–Trinajstić information content (AvgIpc) is 2.53. The van der Waals surface area contributed by atoms with Crippen molar-refractivity contribution in [1.82, 2.24) is 13.9 Å². The van der Waals surface area contributed by atoms with Gasteiger partial charge in [0.15, 0.2) is 0 Å². The fourth-order valence-electron chi connectivity index (χ4n) is 3.08. The van der Waals surface area contributed by atoms with Crippen molar-refractivity contribution < 1.29 is 13.2 Å². The van der Waals surface area contributed by atoms with Crippen LogP contribution in [0.5, 0.6) is 0 Å². The normalized spacial score (nSPS) is 23.5. The van der Waals surface area contributed by atoms with Gasteiger partial charge in [0.25, 0.3) is 10.2 Å². The summed E-state index contributed by atoms with van der Waals surface area (Å²) in [6.07, 6.45) is 5.06. The first-order valence-electron chi connectivity index (χ1n) is 8.09. The van der Waals surface area contributed by atoms with Crippen LogP contribution in [0, 0.1) is 5.92 Å². The highest BCUT2D eigenvalue weighted by atomic mass is 32.2. The molecule has 2 aliphatic heterocycles. The average molecular weight is 319 g/mol. The van der Waals surface area contributed by atoms with E-state index in [0.29, 0.717) is 32.1 Å². The van der Waals surface area contributed by atoms with Crippen molar-refractivity contribution in [2.24, 2.45) is 5.92 Å². The lowest BCUT2D eigenvalue weighted by Gasteiger charge is -2.36. The standard InChI is InChI=1S/C14H29N3O3S/c1-20-12-7-15-13-14-5-10-17(11-6-14)21(18,19)16-8-3-2-4-9-16/h14-15H,2-13H2,1H3. The summed E-state index contributed by atoms with van der Waals surface area (Å²) in [5, 5.41) is 3.37. The zero-order valence-electron chi connectivity index (χ0n) is 13.1. The fraction of sp³-hybridized carbons (Fsp3) is 1.00. The molecule has 21 heavy (non-hydrogen) atoms. The predicted molar refractivity (Wildman–Crippen MR) is 83.4 cm³/mol. The molecule has 6 nitrogen and oxygen atoms in total. The maximum atomic E-state index is 12.6. The van der Waals surface area contributed by atoms with Crippen LogP contribution >= 0.6 is 0 Å². The van der Waals surface area contributed by atoms with Gasteiger partial charge in [0.1, 0.15) is 0 Å². The van der Waals surface area contributed by atoms with Crippen molar-refractivity contribution in [1.29, 1.82) is 0 Å². The van der Waals surface area contributed by atoms with Crippen LogP contribution in [0.25, 0.3) is 0 Å². The molecule has 0 radical (unpaired) electrons. The Morgan fingerprint density at radius 3 is 2.29 bits per heavy atom. The lowest BCUT2D eigenvalue weighted by atomic mass is 9.98. The Morgan fingerprint density at radius 2 is 1.67 bits per heavy atom. The van der Waals surface area contributed by atoms with Gasteiger partial charge in [0, 0.05) is 39.8 Å². The van der Waals surface area contributed by atoms with Gasteiger partial charge in [0.05, 0.1) is 6.61 Å². The molecule has 0 aliphatic carbocycles. The lowest BCUT2D eigenvalue weighted by molar-refractivity contribution is 0.193. The van der Waals surface area contributed by atoms with Crippen molar-refractivity contribution in [3.05, 3.63) is 0 Å². The Hall–Kier alpha value is -0.210. The number of piperidine rings is 2. The van der Waals surface area contributed by atoms with Crippen molar-refractivity contribution in [2.75, 3.05) is 53.0 Å². The molecule has 0 spiro atoms. The third kappa shape index (κ3) is 4.89. The van der Waals surface area contributed by atoms with Gasteiger partial charge in [0.2, 0.25) is 0 Å². The molecular formula is C14H29N3O3S. The number of hydrogen-bond donors (Lipinski definition) is 1. The minimum atomic E-state index is -3.21. The van der Waals surface area contributed by atoms with Gasteiger partial charge in [-0.25, -0.2) is 0 Å². The van der Waals surface area contributed by atoms with E-state index in [-0.39, 0.29) is 0 Å². The maximum Gasteiger partial charge on any atom is 0.281 e. The second-order valence-electron chi connectivity index (χ2n) is 6.01. The fourth-order valence-corrected chi connectivity index (χ4v) is 4.80. The van der Waals surface area contributed by atoms with E-state index in [1.165, 1.54) is 0 Å². The maximum absolute atomic E-state index is 12.6. The van der Waals surface area contributed by atoms with Gasteiger partial charge in [-0.15, -0.1) is 0 Å². The molecule has 2 heterocycles. The van der Waals surface area contributed by atoms with E-state index < -0.39 is 10.2 Å². The molecule has 0 amide bonds. The summed E-state index contributed by atoms with van der Waals surface area (Å²) < 4.78 is 33.5. The van der Waals surface area contributed by atoms with Gasteiger partial charge >= 0.3 is 0 Å². The molecule has 2 saturated heterocycles. The van der Waals surface area contributed by atoms with E-state index in [4.69, 9.17) is 4.74 Å². The molecular weight excluding hydrogens is 290 g/mol. The van der Waals surface area contributed by atoms with Gasteiger partial charge in [-0.05, 0) is 38.1 Å². The van der Waals surface area contributed by atoms with Crippen molar-refractivity contribution in [3.8, 4) is 0 Å². The zero-order valence-corrected chi connectivity index (χ0v) is 13.9. The molecule has 124 valence electrons. The monoisotopic (exact) mass is 319 g/mol. The first-order valence-corrected chi connectivity index (χ1v) is 9.49. The highest BCUT2D eigenvalue weighted by Crippen LogP contribution is 2.23. The lowest BCUT2D eigenvalue weighted by Crippen LogP contribution is -2.49.